The molecular weight excluding hydrogens is 186 g/mol. The van der Waals surface area contributed by atoms with Gasteiger partial charge in [-0.1, -0.05) is 20.8 Å². The summed E-state index contributed by atoms with van der Waals surface area (Å²) in [7, 11) is 0. The lowest BCUT2D eigenvalue weighted by molar-refractivity contribution is 0.228. The van der Waals surface area contributed by atoms with E-state index >= 15 is 0 Å². The van der Waals surface area contributed by atoms with Gasteiger partial charge in [0.1, 0.15) is 0 Å². The molecule has 0 saturated heterocycles. The second-order valence-corrected chi connectivity index (χ2v) is 5.36. The number of rotatable bonds is 2. The highest BCUT2D eigenvalue weighted by atomic mass is 15.3. The van der Waals surface area contributed by atoms with Crippen molar-refractivity contribution in [3.63, 3.8) is 0 Å². The number of hydrogen-bond acceptors (Lipinski definition) is 2. The highest BCUT2D eigenvalue weighted by molar-refractivity contribution is 5.23. The molecule has 0 fully saturated rings. The molecule has 1 aromatic heterocycles. The van der Waals surface area contributed by atoms with Crippen molar-refractivity contribution in [2.75, 3.05) is 6.54 Å². The molecule has 0 amide bonds. The molecule has 0 saturated carbocycles. The average Bonchev–Trinajstić information content (AvgIpc) is 2.33. The summed E-state index contributed by atoms with van der Waals surface area (Å²) in [6.07, 6.45) is 0. The van der Waals surface area contributed by atoms with Gasteiger partial charge in [-0.3, -0.25) is 4.68 Å². The van der Waals surface area contributed by atoms with E-state index in [1.54, 1.807) is 0 Å². The third kappa shape index (κ3) is 2.23. The Labute approximate surface area is 92.7 Å². The van der Waals surface area contributed by atoms with E-state index < -0.39 is 0 Å². The van der Waals surface area contributed by atoms with Gasteiger partial charge in [-0.15, -0.1) is 0 Å². The van der Waals surface area contributed by atoms with Crippen molar-refractivity contribution in [2.24, 2.45) is 11.1 Å². The van der Waals surface area contributed by atoms with Crippen molar-refractivity contribution in [3.8, 4) is 0 Å². The Kier molecular flexibility index (Phi) is 3.24. The lowest BCUT2D eigenvalue weighted by Crippen LogP contribution is -2.32. The summed E-state index contributed by atoms with van der Waals surface area (Å²) in [6, 6.07) is 0.268. The minimum Gasteiger partial charge on any atom is -0.328 e. The van der Waals surface area contributed by atoms with Gasteiger partial charge in [-0.2, -0.15) is 5.10 Å². The van der Waals surface area contributed by atoms with E-state index in [9.17, 15) is 0 Å². The van der Waals surface area contributed by atoms with E-state index in [0.29, 0.717) is 6.54 Å². The van der Waals surface area contributed by atoms with E-state index in [2.05, 4.69) is 51.3 Å². The van der Waals surface area contributed by atoms with Crippen LogP contribution in [0, 0.1) is 26.2 Å². The molecule has 1 aromatic rings. The summed E-state index contributed by atoms with van der Waals surface area (Å²) in [5, 5.41) is 4.58. The van der Waals surface area contributed by atoms with Crippen LogP contribution in [0.25, 0.3) is 0 Å². The second kappa shape index (κ2) is 3.97. The molecule has 0 spiro atoms. The smallest absolute Gasteiger partial charge is 0.0692 e. The monoisotopic (exact) mass is 209 g/mol. The average molecular weight is 209 g/mol. The number of aromatic nitrogens is 2. The van der Waals surface area contributed by atoms with Gasteiger partial charge in [0.05, 0.1) is 11.7 Å². The molecule has 3 nitrogen and oxygen atoms in total. The zero-order valence-electron chi connectivity index (χ0n) is 10.8. The molecule has 0 aliphatic rings. The van der Waals surface area contributed by atoms with E-state index in [1.165, 1.54) is 11.3 Å². The minimum absolute atomic E-state index is 0.143. The van der Waals surface area contributed by atoms with E-state index in [-0.39, 0.29) is 11.5 Å². The highest BCUT2D eigenvalue weighted by Crippen LogP contribution is 2.31. The van der Waals surface area contributed by atoms with Gasteiger partial charge in [-0.25, -0.2) is 0 Å². The van der Waals surface area contributed by atoms with Crippen molar-refractivity contribution in [1.82, 2.24) is 9.78 Å². The largest absolute Gasteiger partial charge is 0.328 e. The SMILES string of the molecule is Cc1nn(C(CN)C(C)(C)C)c(C)c1C. The van der Waals surface area contributed by atoms with Crippen LogP contribution in [0.1, 0.15) is 43.8 Å². The van der Waals surface area contributed by atoms with Crippen LogP contribution in [0.5, 0.6) is 0 Å². The summed E-state index contributed by atoms with van der Waals surface area (Å²) in [6.45, 7) is 13.5. The first-order chi connectivity index (χ1) is 6.79. The summed E-state index contributed by atoms with van der Waals surface area (Å²) in [4.78, 5) is 0. The maximum absolute atomic E-state index is 5.86. The number of nitrogens with two attached hydrogens (primary N) is 1. The van der Waals surface area contributed by atoms with Crippen molar-refractivity contribution in [2.45, 2.75) is 47.6 Å². The lowest BCUT2D eigenvalue weighted by Gasteiger charge is -2.30. The van der Waals surface area contributed by atoms with Crippen LogP contribution in [0.2, 0.25) is 0 Å². The topological polar surface area (TPSA) is 43.8 Å². The Bertz CT molecular complexity index is 344. The third-order valence-corrected chi connectivity index (χ3v) is 3.20. The molecule has 1 heterocycles. The Morgan fingerprint density at radius 2 is 1.80 bits per heavy atom. The molecule has 0 aliphatic carbocycles. The molecule has 0 bridgehead atoms. The highest BCUT2D eigenvalue weighted by Gasteiger charge is 2.27. The Balaban J connectivity index is 3.19. The quantitative estimate of drug-likeness (QED) is 0.812. The van der Waals surface area contributed by atoms with E-state index in [1.807, 2.05) is 0 Å². The van der Waals surface area contributed by atoms with E-state index in [0.717, 1.165) is 5.69 Å². The van der Waals surface area contributed by atoms with Crippen LogP contribution >= 0.6 is 0 Å². The minimum atomic E-state index is 0.143. The molecule has 1 atom stereocenters. The number of aryl methyl sites for hydroxylation is 1. The van der Waals surface area contributed by atoms with Gasteiger partial charge >= 0.3 is 0 Å². The fraction of sp³-hybridized carbons (Fsp3) is 0.750. The molecule has 86 valence electrons. The summed E-state index contributed by atoms with van der Waals surface area (Å²) < 4.78 is 2.09. The van der Waals surface area contributed by atoms with Crippen molar-refractivity contribution < 1.29 is 0 Å². The second-order valence-electron chi connectivity index (χ2n) is 5.36. The zero-order valence-corrected chi connectivity index (χ0v) is 10.8. The zero-order chi connectivity index (χ0) is 11.8. The Morgan fingerprint density at radius 1 is 1.27 bits per heavy atom. The lowest BCUT2D eigenvalue weighted by atomic mass is 9.87. The normalized spacial score (nSPS) is 14.3. The molecule has 15 heavy (non-hydrogen) atoms. The Hall–Kier alpha value is -0.830. The van der Waals surface area contributed by atoms with Crippen molar-refractivity contribution >= 4 is 0 Å². The maximum atomic E-state index is 5.86. The molecule has 3 heteroatoms. The molecule has 0 radical (unpaired) electrons. The molecule has 0 aliphatic heterocycles. The predicted molar refractivity (Wildman–Crippen MR) is 64.0 cm³/mol. The summed E-state index contributed by atoms with van der Waals surface area (Å²) in [5.74, 6) is 0. The molecule has 2 N–H and O–H groups in total. The first kappa shape index (κ1) is 12.2. The third-order valence-electron chi connectivity index (χ3n) is 3.20. The molecule has 1 rings (SSSR count). The van der Waals surface area contributed by atoms with E-state index in [4.69, 9.17) is 5.73 Å². The van der Waals surface area contributed by atoms with Gasteiger partial charge < -0.3 is 5.73 Å². The number of hydrogen-bond donors (Lipinski definition) is 1. The van der Waals surface area contributed by atoms with Crippen LogP contribution in [0.4, 0.5) is 0 Å². The summed E-state index contributed by atoms with van der Waals surface area (Å²) >= 11 is 0. The fourth-order valence-corrected chi connectivity index (χ4v) is 1.87. The van der Waals surface area contributed by atoms with Gasteiger partial charge in [0.25, 0.3) is 0 Å². The predicted octanol–water partition coefficient (Wildman–Crippen LogP) is 2.35. The van der Waals surface area contributed by atoms with Crippen LogP contribution in [0.15, 0.2) is 0 Å². The fourth-order valence-electron chi connectivity index (χ4n) is 1.87. The van der Waals surface area contributed by atoms with Gasteiger partial charge in [0, 0.05) is 12.2 Å². The number of nitrogens with zero attached hydrogens (tertiary/aromatic N) is 2. The summed E-state index contributed by atoms with van der Waals surface area (Å²) in [5.41, 5.74) is 9.62. The Morgan fingerprint density at radius 3 is 2.07 bits per heavy atom. The van der Waals surface area contributed by atoms with Crippen molar-refractivity contribution in [1.29, 1.82) is 0 Å². The molecular formula is C12H23N3. The van der Waals surface area contributed by atoms with Crippen molar-refractivity contribution in [3.05, 3.63) is 17.0 Å². The first-order valence-corrected chi connectivity index (χ1v) is 5.51. The van der Waals surface area contributed by atoms with Crippen LogP contribution in [-0.4, -0.2) is 16.3 Å². The van der Waals surface area contributed by atoms with Gasteiger partial charge in [-0.05, 0) is 31.7 Å². The van der Waals surface area contributed by atoms with Gasteiger partial charge in [0.15, 0.2) is 0 Å². The van der Waals surface area contributed by atoms with Crippen LogP contribution in [-0.2, 0) is 0 Å². The molecule has 0 aromatic carbocycles. The van der Waals surface area contributed by atoms with Crippen LogP contribution in [0.3, 0.4) is 0 Å². The molecule has 1 unspecified atom stereocenters. The maximum Gasteiger partial charge on any atom is 0.0692 e. The standard InChI is InChI=1S/C12H23N3/c1-8-9(2)14-15(10(8)3)11(7-13)12(4,5)6/h11H,7,13H2,1-6H3. The van der Waals surface area contributed by atoms with Gasteiger partial charge in [0.2, 0.25) is 0 Å². The van der Waals surface area contributed by atoms with Crippen LogP contribution < -0.4 is 5.73 Å². The first-order valence-electron chi connectivity index (χ1n) is 5.51.